The average Bonchev–Trinajstić information content (AvgIpc) is 3.52. The monoisotopic (exact) mass is 540 g/mol. The van der Waals surface area contributed by atoms with Crippen molar-refractivity contribution in [2.45, 2.75) is 36.3 Å². The Morgan fingerprint density at radius 1 is 1.24 bits per heavy atom. The topological polar surface area (TPSA) is 84.9 Å². The molecule has 5 rings (SSSR count). The molecule has 2 aromatic carbocycles. The lowest BCUT2D eigenvalue weighted by Crippen LogP contribution is -2.39. The van der Waals surface area contributed by atoms with Gasteiger partial charge in [0.15, 0.2) is 11.0 Å². The first-order valence-corrected chi connectivity index (χ1v) is 12.9. The molecule has 4 unspecified atom stereocenters. The highest BCUT2D eigenvalue weighted by Gasteiger charge is 2.46. The number of carbonyl (C=O) groups excluding carboxylic acids is 2. The summed E-state index contributed by atoms with van der Waals surface area (Å²) >= 11 is 0. The molecule has 0 aromatic heterocycles. The first kappa shape index (κ1) is 25.5. The molecule has 0 radical (unpaired) electrons. The molecule has 12 heteroatoms. The molecule has 0 bridgehead atoms. The Morgan fingerprint density at radius 3 is 2.76 bits per heavy atom. The Bertz CT molecular complexity index is 1280. The van der Waals surface area contributed by atoms with E-state index in [-0.39, 0.29) is 41.6 Å². The van der Waals surface area contributed by atoms with Gasteiger partial charge >= 0.3 is 18.1 Å². The number of carbonyl (C=O) groups is 2. The maximum Gasteiger partial charge on any atom is 0.471 e. The normalized spacial score (nSPS) is 22.9. The van der Waals surface area contributed by atoms with Crippen molar-refractivity contribution in [1.82, 2.24) is 4.90 Å². The van der Waals surface area contributed by atoms with Gasteiger partial charge in [-0.15, -0.1) is 0 Å². The number of anilines is 1. The predicted molar refractivity (Wildman–Crippen MR) is 125 cm³/mol. The van der Waals surface area contributed by atoms with E-state index in [1.807, 2.05) is 6.07 Å². The summed E-state index contributed by atoms with van der Waals surface area (Å²) in [6, 6.07) is 7.11. The second kappa shape index (κ2) is 9.62. The first-order chi connectivity index (χ1) is 17.6. The molecule has 1 aliphatic carbocycles. The number of hydrogen-bond donors (Lipinski definition) is 1. The number of nitrogens with one attached hydrogen (secondary N) is 1. The van der Waals surface area contributed by atoms with Crippen LogP contribution in [0.15, 0.2) is 35.2 Å². The van der Waals surface area contributed by atoms with Gasteiger partial charge < -0.3 is 19.1 Å². The van der Waals surface area contributed by atoms with Gasteiger partial charge in [0.2, 0.25) is 0 Å². The summed E-state index contributed by atoms with van der Waals surface area (Å²) in [7, 11) is -0.720. The molecule has 0 spiro atoms. The van der Waals surface area contributed by atoms with Crippen molar-refractivity contribution in [1.29, 1.82) is 0 Å². The molecular formula is C25H24F4N2O5S. The van der Waals surface area contributed by atoms with Crippen LogP contribution in [0.4, 0.5) is 23.2 Å². The van der Waals surface area contributed by atoms with E-state index in [1.165, 1.54) is 19.2 Å². The third-order valence-electron chi connectivity index (χ3n) is 7.09. The number of hydrogen-bond acceptors (Lipinski definition) is 5. The molecule has 1 N–H and O–H groups in total. The zero-order valence-electron chi connectivity index (χ0n) is 19.8. The summed E-state index contributed by atoms with van der Waals surface area (Å²) in [6.45, 7) is 0.283. The van der Waals surface area contributed by atoms with Crippen LogP contribution in [0.3, 0.4) is 0 Å². The number of ether oxygens (including phenoxy) is 2. The van der Waals surface area contributed by atoms with Crippen LogP contribution in [0.25, 0.3) is 0 Å². The quantitative estimate of drug-likeness (QED) is 0.439. The second-order valence-corrected chi connectivity index (χ2v) is 10.7. The second-order valence-electron chi connectivity index (χ2n) is 9.54. The summed E-state index contributed by atoms with van der Waals surface area (Å²) in [5.41, 5.74) is 1.59. The SMILES string of the molecule is COC(=O)c1c(NS(=O)c2ccc(F)cc2CC2CCN(C(=O)C(F)(F)F)C2)ccc2c1OCC1CC21. The van der Waals surface area contributed by atoms with Gasteiger partial charge in [0, 0.05) is 19.0 Å². The van der Waals surface area contributed by atoms with E-state index in [1.54, 1.807) is 6.07 Å². The van der Waals surface area contributed by atoms with Crippen molar-refractivity contribution in [3.63, 3.8) is 0 Å². The van der Waals surface area contributed by atoms with Crippen LogP contribution in [0, 0.1) is 17.7 Å². The van der Waals surface area contributed by atoms with Gasteiger partial charge in [-0.3, -0.25) is 4.79 Å². The Morgan fingerprint density at radius 2 is 2.03 bits per heavy atom. The zero-order valence-corrected chi connectivity index (χ0v) is 20.6. The smallest absolute Gasteiger partial charge is 0.471 e. The van der Waals surface area contributed by atoms with Gasteiger partial charge in [-0.05, 0) is 66.5 Å². The van der Waals surface area contributed by atoms with Crippen molar-refractivity contribution in [2.24, 2.45) is 11.8 Å². The van der Waals surface area contributed by atoms with Crippen LogP contribution in [0.2, 0.25) is 0 Å². The van der Waals surface area contributed by atoms with Gasteiger partial charge in [-0.1, -0.05) is 6.07 Å². The number of benzene rings is 2. The standard InChI is InChI=1S/C25H24F4N2O5S/c1-35-23(32)21-19(4-3-17-18-10-15(18)12-36-22(17)21)30-37(34)20-5-2-16(26)9-14(20)8-13-6-7-31(11-13)24(33)25(27,28)29/h2-5,9,13,15,18,30H,6-8,10-12H2,1H3. The molecule has 1 saturated heterocycles. The number of amides is 1. The minimum Gasteiger partial charge on any atom is -0.492 e. The molecule has 2 fully saturated rings. The largest absolute Gasteiger partial charge is 0.492 e. The fourth-order valence-corrected chi connectivity index (χ4v) is 6.21. The third kappa shape index (κ3) is 5.03. The summed E-state index contributed by atoms with van der Waals surface area (Å²) in [4.78, 5) is 25.2. The third-order valence-corrected chi connectivity index (χ3v) is 8.29. The van der Waals surface area contributed by atoms with Gasteiger partial charge in [0.1, 0.15) is 17.1 Å². The molecule has 1 amide bonds. The van der Waals surface area contributed by atoms with Crippen molar-refractivity contribution >= 4 is 28.5 Å². The highest BCUT2D eigenvalue weighted by Crippen LogP contribution is 2.55. The lowest BCUT2D eigenvalue weighted by atomic mass is 9.98. The average molecular weight is 541 g/mol. The number of esters is 1. The number of fused-ring (bicyclic) bond motifs is 3. The lowest BCUT2D eigenvalue weighted by molar-refractivity contribution is -0.184. The molecule has 2 aliphatic heterocycles. The van der Waals surface area contributed by atoms with Crippen LogP contribution in [-0.2, 0) is 26.9 Å². The molecule has 3 aliphatic rings. The summed E-state index contributed by atoms with van der Waals surface area (Å²) in [5, 5.41) is 0. The van der Waals surface area contributed by atoms with E-state index in [9.17, 15) is 31.4 Å². The Labute approximate surface area is 212 Å². The maximum atomic E-state index is 14.1. The molecule has 1 saturated carbocycles. The number of halogens is 4. The van der Waals surface area contributed by atoms with E-state index in [4.69, 9.17) is 9.47 Å². The number of rotatable bonds is 6. The van der Waals surface area contributed by atoms with Crippen molar-refractivity contribution < 1.29 is 40.8 Å². The number of nitrogens with zero attached hydrogens (tertiary/aromatic N) is 1. The predicted octanol–water partition coefficient (Wildman–Crippen LogP) is 4.20. The highest BCUT2D eigenvalue weighted by molar-refractivity contribution is 7.86. The molecule has 7 nitrogen and oxygen atoms in total. The molecular weight excluding hydrogens is 516 g/mol. The van der Waals surface area contributed by atoms with E-state index < -0.39 is 34.9 Å². The molecule has 4 atom stereocenters. The summed E-state index contributed by atoms with van der Waals surface area (Å²) in [6.07, 6.45) is -3.56. The molecule has 2 aromatic rings. The summed E-state index contributed by atoms with van der Waals surface area (Å²) in [5.74, 6) is -2.38. The number of likely N-dealkylation sites (tertiary alicyclic amines) is 1. The van der Waals surface area contributed by atoms with E-state index >= 15 is 0 Å². The molecule has 2 heterocycles. The fourth-order valence-electron chi connectivity index (χ4n) is 5.16. The van der Waals surface area contributed by atoms with Gasteiger partial charge in [-0.2, -0.15) is 13.2 Å². The maximum absolute atomic E-state index is 14.1. The molecule has 37 heavy (non-hydrogen) atoms. The Hall–Kier alpha value is -3.15. The van der Waals surface area contributed by atoms with Crippen molar-refractivity contribution in [2.75, 3.05) is 31.5 Å². The van der Waals surface area contributed by atoms with Gasteiger partial charge in [0.05, 0.1) is 24.3 Å². The zero-order chi connectivity index (χ0) is 26.5. The Balaban J connectivity index is 1.38. The van der Waals surface area contributed by atoms with E-state index in [2.05, 4.69) is 4.72 Å². The van der Waals surface area contributed by atoms with Crippen LogP contribution in [-0.4, -0.2) is 54.0 Å². The fraction of sp³-hybridized carbons (Fsp3) is 0.440. The van der Waals surface area contributed by atoms with Crippen LogP contribution >= 0.6 is 0 Å². The highest BCUT2D eigenvalue weighted by atomic mass is 32.2. The van der Waals surface area contributed by atoms with Gasteiger partial charge in [-0.25, -0.2) is 13.4 Å². The first-order valence-electron chi connectivity index (χ1n) is 11.8. The number of methoxy groups -OCH3 is 1. The van der Waals surface area contributed by atoms with Crippen LogP contribution in [0.5, 0.6) is 5.75 Å². The summed E-state index contributed by atoms with van der Waals surface area (Å²) < 4.78 is 79.5. The van der Waals surface area contributed by atoms with E-state index in [0.717, 1.165) is 23.0 Å². The van der Waals surface area contributed by atoms with Crippen molar-refractivity contribution in [3.05, 3.63) is 52.8 Å². The minimum absolute atomic E-state index is 0.0610. The number of alkyl halides is 3. The minimum atomic E-state index is -4.96. The van der Waals surface area contributed by atoms with Crippen molar-refractivity contribution in [3.8, 4) is 5.75 Å². The van der Waals surface area contributed by atoms with E-state index in [0.29, 0.717) is 36.2 Å². The van der Waals surface area contributed by atoms with Gasteiger partial charge in [0.25, 0.3) is 0 Å². The van der Waals surface area contributed by atoms with Crippen LogP contribution in [0.1, 0.15) is 40.2 Å². The van der Waals surface area contributed by atoms with Crippen LogP contribution < -0.4 is 9.46 Å². The lowest BCUT2D eigenvalue weighted by Gasteiger charge is -2.22. The molecule has 198 valence electrons. The Kier molecular flexibility index (Phi) is 6.63.